The van der Waals surface area contributed by atoms with Gasteiger partial charge in [0.2, 0.25) is 5.91 Å². The van der Waals surface area contributed by atoms with Crippen LogP contribution in [0.2, 0.25) is 0 Å². The van der Waals surface area contributed by atoms with Crippen LogP contribution in [-0.4, -0.2) is 55.0 Å². The van der Waals surface area contributed by atoms with Crippen LogP contribution in [0.3, 0.4) is 0 Å². The summed E-state index contributed by atoms with van der Waals surface area (Å²) in [7, 11) is 0. The Bertz CT molecular complexity index is 668. The first-order valence-electron chi connectivity index (χ1n) is 8.70. The molecule has 1 aromatic rings. The molecule has 0 aromatic heterocycles. The maximum absolute atomic E-state index is 14.5. The molecule has 3 rings (SSSR count). The summed E-state index contributed by atoms with van der Waals surface area (Å²) >= 11 is 0. The molecule has 0 bridgehead atoms. The molecule has 7 nitrogen and oxygen atoms in total. The second kappa shape index (κ2) is 7.25. The molecule has 0 atom stereocenters. The van der Waals surface area contributed by atoms with Crippen molar-refractivity contribution in [3.05, 3.63) is 28.1 Å². The van der Waals surface area contributed by atoms with Gasteiger partial charge in [-0.2, -0.15) is 0 Å². The zero-order chi connectivity index (χ0) is 18.0. The SMILES string of the molecule is CC(=O)N1CCN(c2cc(N3CCCCC3)c(F)cc2[N+](=O)[O-])CC1. The Morgan fingerprint density at radius 2 is 1.60 bits per heavy atom. The summed E-state index contributed by atoms with van der Waals surface area (Å²) in [6, 6.07) is 2.65. The minimum Gasteiger partial charge on any atom is -0.369 e. The first-order chi connectivity index (χ1) is 12.0. The van der Waals surface area contributed by atoms with E-state index in [1.165, 1.54) is 6.92 Å². The van der Waals surface area contributed by atoms with E-state index in [9.17, 15) is 19.3 Å². The molecule has 25 heavy (non-hydrogen) atoms. The van der Waals surface area contributed by atoms with Gasteiger partial charge in [-0.05, 0) is 25.3 Å². The Morgan fingerprint density at radius 1 is 1.00 bits per heavy atom. The molecule has 0 N–H and O–H groups in total. The average Bonchev–Trinajstić information content (AvgIpc) is 2.62. The van der Waals surface area contributed by atoms with Crippen LogP contribution in [0.5, 0.6) is 0 Å². The fourth-order valence-corrected chi connectivity index (χ4v) is 3.58. The monoisotopic (exact) mass is 350 g/mol. The number of piperidine rings is 1. The minimum atomic E-state index is -0.542. The topological polar surface area (TPSA) is 69.9 Å². The van der Waals surface area contributed by atoms with E-state index < -0.39 is 10.7 Å². The van der Waals surface area contributed by atoms with Crippen molar-refractivity contribution >= 4 is 23.0 Å². The molecule has 2 saturated heterocycles. The molecule has 0 saturated carbocycles. The van der Waals surface area contributed by atoms with E-state index in [1.807, 2.05) is 9.80 Å². The lowest BCUT2D eigenvalue weighted by atomic mass is 10.1. The van der Waals surface area contributed by atoms with E-state index >= 15 is 0 Å². The molecule has 8 heteroatoms. The zero-order valence-electron chi connectivity index (χ0n) is 14.4. The lowest BCUT2D eigenvalue weighted by molar-refractivity contribution is -0.384. The fourth-order valence-electron chi connectivity index (χ4n) is 3.58. The maximum atomic E-state index is 14.5. The van der Waals surface area contributed by atoms with Gasteiger partial charge in [-0.3, -0.25) is 14.9 Å². The van der Waals surface area contributed by atoms with Crippen molar-refractivity contribution in [1.82, 2.24) is 4.90 Å². The van der Waals surface area contributed by atoms with Gasteiger partial charge in [0, 0.05) is 46.2 Å². The molecule has 0 unspecified atom stereocenters. The van der Waals surface area contributed by atoms with Crippen LogP contribution in [0.1, 0.15) is 26.2 Å². The first-order valence-corrected chi connectivity index (χ1v) is 8.70. The van der Waals surface area contributed by atoms with Crippen molar-refractivity contribution < 1.29 is 14.1 Å². The van der Waals surface area contributed by atoms with Crippen LogP contribution in [0.15, 0.2) is 12.1 Å². The third-order valence-electron chi connectivity index (χ3n) is 5.00. The van der Waals surface area contributed by atoms with E-state index in [0.29, 0.717) is 37.6 Å². The van der Waals surface area contributed by atoms with Gasteiger partial charge < -0.3 is 14.7 Å². The van der Waals surface area contributed by atoms with E-state index in [4.69, 9.17) is 0 Å². The van der Waals surface area contributed by atoms with E-state index in [2.05, 4.69) is 0 Å². The van der Waals surface area contributed by atoms with Crippen molar-refractivity contribution in [3.63, 3.8) is 0 Å². The molecular formula is C17H23FN4O3. The molecule has 0 spiro atoms. The number of rotatable bonds is 3. The van der Waals surface area contributed by atoms with Crippen LogP contribution in [0.4, 0.5) is 21.5 Å². The summed E-state index contributed by atoms with van der Waals surface area (Å²) in [4.78, 5) is 27.9. The number of benzene rings is 1. The molecule has 0 aliphatic carbocycles. The summed E-state index contributed by atoms with van der Waals surface area (Å²) in [6.45, 7) is 5.10. The Morgan fingerprint density at radius 3 is 2.16 bits per heavy atom. The number of halogens is 1. The van der Waals surface area contributed by atoms with E-state index in [0.717, 1.165) is 38.4 Å². The number of nitrogens with zero attached hydrogens (tertiary/aromatic N) is 4. The highest BCUT2D eigenvalue weighted by Gasteiger charge is 2.28. The standard InChI is InChI=1S/C17H23FN4O3/c1-13(23)19-7-9-21(10-8-19)16-12-15(20-5-3-2-4-6-20)14(18)11-17(16)22(24)25/h11-12H,2-10H2,1H3. The van der Waals surface area contributed by atoms with Crippen LogP contribution in [-0.2, 0) is 4.79 Å². The normalized spacial score (nSPS) is 18.4. The molecule has 1 aromatic carbocycles. The van der Waals surface area contributed by atoms with Gasteiger partial charge in [0.05, 0.1) is 16.7 Å². The first kappa shape index (κ1) is 17.4. The zero-order valence-corrected chi connectivity index (χ0v) is 14.4. The van der Waals surface area contributed by atoms with Crippen molar-refractivity contribution in [2.75, 3.05) is 49.1 Å². The second-order valence-electron chi connectivity index (χ2n) is 6.59. The number of amides is 1. The lowest BCUT2D eigenvalue weighted by Crippen LogP contribution is -2.48. The average molecular weight is 350 g/mol. The number of hydrogen-bond acceptors (Lipinski definition) is 5. The molecular weight excluding hydrogens is 327 g/mol. The van der Waals surface area contributed by atoms with Gasteiger partial charge >= 0.3 is 0 Å². The molecule has 1 amide bonds. The van der Waals surface area contributed by atoms with E-state index in [-0.39, 0.29) is 11.6 Å². The van der Waals surface area contributed by atoms with Crippen LogP contribution < -0.4 is 9.80 Å². The Kier molecular flexibility index (Phi) is 5.06. The fraction of sp³-hybridized carbons (Fsp3) is 0.588. The van der Waals surface area contributed by atoms with Gasteiger partial charge in [0.25, 0.3) is 5.69 Å². The Labute approximate surface area is 146 Å². The molecule has 2 aliphatic heterocycles. The van der Waals surface area contributed by atoms with Gasteiger partial charge in [0.15, 0.2) is 5.82 Å². The van der Waals surface area contributed by atoms with Gasteiger partial charge in [-0.25, -0.2) is 4.39 Å². The largest absolute Gasteiger partial charge is 0.369 e. The smallest absolute Gasteiger partial charge is 0.295 e. The van der Waals surface area contributed by atoms with Crippen molar-refractivity contribution in [3.8, 4) is 0 Å². The third-order valence-corrected chi connectivity index (χ3v) is 5.00. The minimum absolute atomic E-state index is 0.00209. The number of carbonyl (C=O) groups is 1. The molecule has 2 fully saturated rings. The maximum Gasteiger partial charge on any atom is 0.295 e. The number of nitro benzene ring substituents is 1. The Balaban J connectivity index is 1.90. The summed E-state index contributed by atoms with van der Waals surface area (Å²) < 4.78 is 14.5. The highest BCUT2D eigenvalue weighted by molar-refractivity contribution is 5.74. The summed E-state index contributed by atoms with van der Waals surface area (Å²) in [6.07, 6.45) is 3.14. The number of anilines is 2. The summed E-state index contributed by atoms with van der Waals surface area (Å²) in [5, 5.41) is 11.4. The van der Waals surface area contributed by atoms with Gasteiger partial charge in [0.1, 0.15) is 5.69 Å². The summed E-state index contributed by atoms with van der Waals surface area (Å²) in [5.41, 5.74) is 0.666. The summed E-state index contributed by atoms with van der Waals surface area (Å²) in [5.74, 6) is -0.540. The number of carbonyl (C=O) groups excluding carboxylic acids is 1. The number of hydrogen-bond donors (Lipinski definition) is 0. The predicted molar refractivity (Wildman–Crippen MR) is 93.6 cm³/mol. The molecule has 2 aliphatic rings. The number of piperazine rings is 1. The lowest BCUT2D eigenvalue weighted by Gasteiger charge is -2.36. The second-order valence-corrected chi connectivity index (χ2v) is 6.59. The molecule has 136 valence electrons. The third kappa shape index (κ3) is 3.67. The van der Waals surface area contributed by atoms with Crippen molar-refractivity contribution in [1.29, 1.82) is 0 Å². The van der Waals surface area contributed by atoms with Crippen LogP contribution in [0.25, 0.3) is 0 Å². The number of nitro groups is 1. The highest BCUT2D eigenvalue weighted by atomic mass is 19.1. The van der Waals surface area contributed by atoms with Crippen molar-refractivity contribution in [2.24, 2.45) is 0 Å². The van der Waals surface area contributed by atoms with Crippen LogP contribution >= 0.6 is 0 Å². The highest BCUT2D eigenvalue weighted by Crippen LogP contribution is 2.36. The Hall–Kier alpha value is -2.38. The van der Waals surface area contributed by atoms with Crippen LogP contribution in [0, 0.1) is 15.9 Å². The predicted octanol–water partition coefficient (Wildman–Crippen LogP) is 2.39. The molecule has 0 radical (unpaired) electrons. The molecule has 2 heterocycles. The quantitative estimate of drug-likeness (QED) is 0.618. The van der Waals surface area contributed by atoms with Crippen molar-refractivity contribution in [2.45, 2.75) is 26.2 Å². The van der Waals surface area contributed by atoms with Gasteiger partial charge in [-0.15, -0.1) is 0 Å². The van der Waals surface area contributed by atoms with Gasteiger partial charge in [-0.1, -0.05) is 0 Å². The van der Waals surface area contributed by atoms with E-state index in [1.54, 1.807) is 11.0 Å².